The SMILES string of the molecule is CC(Sc1nnc(CNc2cccc(C(F)(F)F)c2)n1-c1ccccc1)C(=O)Nc1ccc([N+](=O)[O-])cc1. The number of anilines is 2. The van der Waals surface area contributed by atoms with Crippen LogP contribution in [0.1, 0.15) is 18.3 Å². The van der Waals surface area contributed by atoms with Crippen molar-refractivity contribution in [1.82, 2.24) is 14.8 Å². The molecule has 0 aliphatic heterocycles. The van der Waals surface area contributed by atoms with Crippen molar-refractivity contribution in [3.05, 3.63) is 100 Å². The number of nitro benzene ring substituents is 1. The summed E-state index contributed by atoms with van der Waals surface area (Å²) in [6, 6.07) is 19.4. The minimum atomic E-state index is -4.46. The normalized spacial score (nSPS) is 12.1. The summed E-state index contributed by atoms with van der Waals surface area (Å²) in [6.45, 7) is 1.75. The van der Waals surface area contributed by atoms with E-state index < -0.39 is 21.9 Å². The van der Waals surface area contributed by atoms with Crippen LogP contribution < -0.4 is 10.6 Å². The van der Waals surface area contributed by atoms with Gasteiger partial charge in [0.2, 0.25) is 5.91 Å². The molecule has 2 N–H and O–H groups in total. The predicted octanol–water partition coefficient (Wildman–Crippen LogP) is 5.93. The molecule has 196 valence electrons. The highest BCUT2D eigenvalue weighted by molar-refractivity contribution is 8.00. The van der Waals surface area contributed by atoms with E-state index in [2.05, 4.69) is 20.8 Å². The second-order valence-electron chi connectivity index (χ2n) is 8.06. The monoisotopic (exact) mass is 542 g/mol. The first-order valence-corrected chi connectivity index (χ1v) is 12.1. The van der Waals surface area contributed by atoms with Gasteiger partial charge >= 0.3 is 6.18 Å². The number of nitrogens with one attached hydrogen (secondary N) is 2. The van der Waals surface area contributed by atoms with E-state index in [4.69, 9.17) is 0 Å². The van der Waals surface area contributed by atoms with Crippen molar-refractivity contribution in [1.29, 1.82) is 0 Å². The summed E-state index contributed by atoms with van der Waals surface area (Å²) < 4.78 is 41.0. The van der Waals surface area contributed by atoms with Crippen LogP contribution in [0.15, 0.2) is 84.0 Å². The maximum absolute atomic E-state index is 13.1. The van der Waals surface area contributed by atoms with Gasteiger partial charge in [0, 0.05) is 29.2 Å². The molecular weight excluding hydrogens is 521 g/mol. The minimum Gasteiger partial charge on any atom is -0.378 e. The van der Waals surface area contributed by atoms with E-state index in [1.165, 1.54) is 36.4 Å². The molecular formula is C25H21F3N6O3S. The number of carbonyl (C=O) groups is 1. The molecule has 0 radical (unpaired) electrons. The molecule has 1 amide bonds. The summed E-state index contributed by atoms with van der Waals surface area (Å²) in [5, 5.41) is 24.7. The molecule has 0 saturated heterocycles. The molecule has 0 saturated carbocycles. The average molecular weight is 543 g/mol. The Morgan fingerprint density at radius 2 is 1.74 bits per heavy atom. The molecule has 1 atom stereocenters. The van der Waals surface area contributed by atoms with E-state index >= 15 is 0 Å². The molecule has 3 aromatic carbocycles. The van der Waals surface area contributed by atoms with E-state index in [1.54, 1.807) is 11.5 Å². The van der Waals surface area contributed by atoms with Gasteiger partial charge in [0.25, 0.3) is 5.69 Å². The average Bonchev–Trinajstić information content (AvgIpc) is 3.30. The summed E-state index contributed by atoms with van der Waals surface area (Å²) in [5.74, 6) is 0.0780. The third-order valence-corrected chi connectivity index (χ3v) is 6.40. The van der Waals surface area contributed by atoms with Gasteiger partial charge in [-0.05, 0) is 49.4 Å². The Morgan fingerprint density at radius 1 is 1.03 bits per heavy atom. The van der Waals surface area contributed by atoms with Gasteiger partial charge < -0.3 is 10.6 Å². The standard InChI is InChI=1S/C25H21F3N6O3S/c1-16(23(35)30-18-10-12-21(13-11-18)34(36)37)38-24-32-31-22(33(24)20-8-3-2-4-9-20)15-29-19-7-5-6-17(14-19)25(26,27)28/h2-14,16,29H,15H2,1H3,(H,30,35). The highest BCUT2D eigenvalue weighted by atomic mass is 32.2. The Hall–Kier alpha value is -4.39. The van der Waals surface area contributed by atoms with Crippen molar-refractivity contribution in [2.45, 2.75) is 30.1 Å². The van der Waals surface area contributed by atoms with E-state index in [0.717, 1.165) is 23.9 Å². The van der Waals surface area contributed by atoms with Gasteiger partial charge in [-0.2, -0.15) is 13.2 Å². The van der Waals surface area contributed by atoms with Crippen molar-refractivity contribution in [2.75, 3.05) is 10.6 Å². The summed E-state index contributed by atoms with van der Waals surface area (Å²) in [4.78, 5) is 23.1. The first-order chi connectivity index (χ1) is 18.1. The number of carbonyl (C=O) groups excluding carboxylic acids is 1. The van der Waals surface area contributed by atoms with Crippen LogP contribution >= 0.6 is 11.8 Å². The summed E-state index contributed by atoms with van der Waals surface area (Å²) in [5.41, 5.74) is 0.531. The fraction of sp³-hybridized carbons (Fsp3) is 0.160. The molecule has 4 aromatic rings. The molecule has 1 unspecified atom stereocenters. The van der Waals surface area contributed by atoms with Crippen molar-refractivity contribution < 1.29 is 22.9 Å². The number of hydrogen-bond donors (Lipinski definition) is 2. The first-order valence-electron chi connectivity index (χ1n) is 11.2. The van der Waals surface area contributed by atoms with E-state index in [9.17, 15) is 28.1 Å². The number of halogens is 3. The second kappa shape index (κ2) is 11.3. The van der Waals surface area contributed by atoms with E-state index in [-0.39, 0.29) is 23.8 Å². The quantitative estimate of drug-likeness (QED) is 0.153. The van der Waals surface area contributed by atoms with Crippen LogP contribution in [0, 0.1) is 10.1 Å². The van der Waals surface area contributed by atoms with Gasteiger partial charge in [0.1, 0.15) is 0 Å². The smallest absolute Gasteiger partial charge is 0.378 e. The Balaban J connectivity index is 1.51. The Kier molecular flexibility index (Phi) is 7.96. The zero-order chi connectivity index (χ0) is 27.3. The molecule has 1 heterocycles. The van der Waals surface area contributed by atoms with Gasteiger partial charge in [-0.3, -0.25) is 19.5 Å². The number of nitrogens with zero attached hydrogens (tertiary/aromatic N) is 4. The Morgan fingerprint density at radius 3 is 2.39 bits per heavy atom. The van der Waals surface area contributed by atoms with Gasteiger partial charge in [-0.25, -0.2) is 0 Å². The molecule has 0 aliphatic rings. The van der Waals surface area contributed by atoms with E-state index in [1.807, 2.05) is 30.3 Å². The number of amides is 1. The van der Waals surface area contributed by atoms with Crippen LogP contribution in [-0.4, -0.2) is 30.8 Å². The van der Waals surface area contributed by atoms with Crippen LogP contribution in [0.3, 0.4) is 0 Å². The highest BCUT2D eigenvalue weighted by Crippen LogP contribution is 2.31. The summed E-state index contributed by atoms with van der Waals surface area (Å²) in [7, 11) is 0. The zero-order valence-electron chi connectivity index (χ0n) is 19.8. The fourth-order valence-electron chi connectivity index (χ4n) is 3.44. The lowest BCUT2D eigenvalue weighted by molar-refractivity contribution is -0.384. The Bertz CT molecular complexity index is 1430. The maximum Gasteiger partial charge on any atom is 0.416 e. The van der Waals surface area contributed by atoms with Crippen LogP contribution in [-0.2, 0) is 17.5 Å². The van der Waals surface area contributed by atoms with Crippen LogP contribution in [0.25, 0.3) is 5.69 Å². The lowest BCUT2D eigenvalue weighted by Crippen LogP contribution is -2.23. The largest absolute Gasteiger partial charge is 0.416 e. The molecule has 4 rings (SSSR count). The molecule has 1 aromatic heterocycles. The number of aromatic nitrogens is 3. The number of rotatable bonds is 9. The molecule has 13 heteroatoms. The van der Waals surface area contributed by atoms with E-state index in [0.29, 0.717) is 22.4 Å². The van der Waals surface area contributed by atoms with Crippen molar-refractivity contribution in [2.24, 2.45) is 0 Å². The molecule has 38 heavy (non-hydrogen) atoms. The third kappa shape index (κ3) is 6.48. The number of benzene rings is 3. The van der Waals surface area contributed by atoms with Crippen molar-refractivity contribution in [3.63, 3.8) is 0 Å². The lowest BCUT2D eigenvalue weighted by atomic mass is 10.2. The number of para-hydroxylation sites is 1. The first kappa shape index (κ1) is 26.7. The summed E-state index contributed by atoms with van der Waals surface area (Å²) >= 11 is 1.14. The van der Waals surface area contributed by atoms with Crippen LogP contribution in [0.5, 0.6) is 0 Å². The Labute approximate surface area is 219 Å². The molecule has 0 bridgehead atoms. The molecule has 0 fully saturated rings. The summed E-state index contributed by atoms with van der Waals surface area (Å²) in [6.07, 6.45) is -4.46. The molecule has 0 aliphatic carbocycles. The number of hydrogen-bond acceptors (Lipinski definition) is 7. The van der Waals surface area contributed by atoms with Crippen molar-refractivity contribution in [3.8, 4) is 5.69 Å². The third-order valence-electron chi connectivity index (χ3n) is 5.35. The lowest BCUT2D eigenvalue weighted by Gasteiger charge is -2.15. The molecule has 9 nitrogen and oxygen atoms in total. The zero-order valence-corrected chi connectivity index (χ0v) is 20.7. The van der Waals surface area contributed by atoms with Crippen LogP contribution in [0.2, 0.25) is 0 Å². The number of alkyl halides is 3. The minimum absolute atomic E-state index is 0.0765. The molecule has 0 spiro atoms. The second-order valence-corrected chi connectivity index (χ2v) is 9.36. The van der Waals surface area contributed by atoms with Gasteiger partial charge in [0.05, 0.1) is 22.3 Å². The fourth-order valence-corrected chi connectivity index (χ4v) is 4.32. The number of non-ortho nitro benzene ring substituents is 1. The van der Waals surface area contributed by atoms with Gasteiger partial charge in [-0.15, -0.1) is 10.2 Å². The van der Waals surface area contributed by atoms with Crippen LogP contribution in [0.4, 0.5) is 30.2 Å². The maximum atomic E-state index is 13.1. The van der Waals surface area contributed by atoms with Gasteiger partial charge in [-0.1, -0.05) is 36.0 Å². The van der Waals surface area contributed by atoms with Gasteiger partial charge in [0.15, 0.2) is 11.0 Å². The predicted molar refractivity (Wildman–Crippen MR) is 137 cm³/mol. The number of nitro groups is 1. The number of thioether (sulfide) groups is 1. The topological polar surface area (TPSA) is 115 Å². The van der Waals surface area contributed by atoms with Crippen molar-refractivity contribution >= 4 is 34.7 Å². The highest BCUT2D eigenvalue weighted by Gasteiger charge is 2.30.